The summed E-state index contributed by atoms with van der Waals surface area (Å²) >= 11 is 12.4. The number of hydrogen-bond donors (Lipinski definition) is 3. The van der Waals surface area contributed by atoms with E-state index in [4.69, 9.17) is 37.4 Å². The minimum atomic E-state index is -0.451. The molecule has 0 saturated carbocycles. The molecule has 13 nitrogen and oxygen atoms in total. The smallest absolute Gasteiger partial charge is 0.338 e. The fourth-order valence-electron chi connectivity index (χ4n) is 6.84. The van der Waals surface area contributed by atoms with E-state index in [-0.39, 0.29) is 25.0 Å². The van der Waals surface area contributed by atoms with Gasteiger partial charge in [0, 0.05) is 61.4 Å². The van der Waals surface area contributed by atoms with E-state index in [9.17, 15) is 19.5 Å². The molecule has 7 aromatic rings. The van der Waals surface area contributed by atoms with Crippen molar-refractivity contribution in [3.8, 4) is 11.5 Å². The summed E-state index contributed by atoms with van der Waals surface area (Å²) in [6.45, 7) is 14.1. The highest BCUT2D eigenvalue weighted by molar-refractivity contribution is 6.31. The van der Waals surface area contributed by atoms with Gasteiger partial charge in [-0.25, -0.2) is 4.79 Å². The Hall–Kier alpha value is -6.93. The van der Waals surface area contributed by atoms with E-state index in [1.807, 2.05) is 44.2 Å². The van der Waals surface area contributed by atoms with Gasteiger partial charge in [0.05, 0.1) is 38.5 Å². The normalized spacial score (nSPS) is 10.9. The monoisotopic (exact) mass is 958 g/mol. The number of rotatable bonds is 18. The van der Waals surface area contributed by atoms with Gasteiger partial charge in [0.25, 0.3) is 11.8 Å². The lowest BCUT2D eigenvalue weighted by atomic mass is 10.1. The number of aryl methyl sites for hydroxylation is 2. The number of nitrogens with one attached hydrogen (secondary N) is 2. The Morgan fingerprint density at radius 1 is 0.588 bits per heavy atom. The van der Waals surface area contributed by atoms with Crippen molar-refractivity contribution in [2.75, 3.05) is 23.8 Å². The number of aromatic nitrogens is 4. The van der Waals surface area contributed by atoms with Crippen molar-refractivity contribution < 1.29 is 33.7 Å². The SMILES string of the molecule is Cc1cc(NC(=O)c2ccccc2CO)nn1Cc1cc(Cl)ccc1OCC(C)C.Cc1cc(NC(=O)c2ccccc2COC(=O)c2ccccc2)nn1Cc1cc(Cl)ccc1OCC(C)C. The van der Waals surface area contributed by atoms with Gasteiger partial charge in [0.1, 0.15) is 18.1 Å². The van der Waals surface area contributed by atoms with Gasteiger partial charge < -0.3 is 30.0 Å². The van der Waals surface area contributed by atoms with Gasteiger partial charge in [-0.15, -0.1) is 0 Å². The number of esters is 1. The van der Waals surface area contributed by atoms with Crippen LogP contribution in [-0.2, 0) is 31.0 Å². The summed E-state index contributed by atoms with van der Waals surface area (Å²) in [5.74, 6) is 2.06. The molecule has 0 bridgehead atoms. The molecule has 2 aromatic heterocycles. The highest BCUT2D eigenvalue weighted by Crippen LogP contribution is 2.27. The van der Waals surface area contributed by atoms with Crippen LogP contribution in [0.1, 0.15) is 92.4 Å². The standard InChI is InChI=1S/C30H30ClN3O4.C23H26ClN3O3/c1-20(2)18-37-27-14-13-25(31)16-24(27)17-34-21(3)15-28(33-34)32-29(35)26-12-8-7-11-23(26)19-38-30(36)22-9-5-4-6-10-22;1-15(2)14-30-21-9-8-19(24)11-18(21)12-27-16(3)10-22(26-27)25-23(29)20-7-5-4-6-17(20)13-28/h4-16,20H,17-19H2,1-3H3,(H,32,33,35);4-11,15,28H,12-14H2,1-3H3,(H,25,26,29). The summed E-state index contributed by atoms with van der Waals surface area (Å²) in [5, 5.41) is 25.5. The summed E-state index contributed by atoms with van der Waals surface area (Å²) < 4.78 is 20.9. The van der Waals surface area contributed by atoms with Crippen molar-refractivity contribution in [3.05, 3.63) is 188 Å². The maximum atomic E-state index is 13.1. The molecule has 7 rings (SSSR count). The first-order valence-electron chi connectivity index (χ1n) is 22.2. The number of nitrogens with zero attached hydrogens (tertiary/aromatic N) is 4. The number of aliphatic hydroxyl groups is 1. The van der Waals surface area contributed by atoms with Crippen molar-refractivity contribution >= 4 is 52.6 Å². The number of anilines is 2. The molecule has 0 radical (unpaired) electrons. The first kappa shape index (κ1) is 50.5. The average Bonchev–Trinajstić information content (AvgIpc) is 3.85. The van der Waals surface area contributed by atoms with E-state index in [0.717, 1.165) is 34.0 Å². The molecule has 0 aliphatic carbocycles. The zero-order valence-corrected chi connectivity index (χ0v) is 40.5. The third kappa shape index (κ3) is 14.3. The summed E-state index contributed by atoms with van der Waals surface area (Å²) in [7, 11) is 0. The lowest BCUT2D eigenvalue weighted by molar-refractivity contribution is 0.0470. The van der Waals surface area contributed by atoms with Crippen LogP contribution >= 0.6 is 23.2 Å². The molecule has 354 valence electrons. The highest BCUT2D eigenvalue weighted by Gasteiger charge is 2.18. The molecule has 2 heterocycles. The van der Waals surface area contributed by atoms with Crippen LogP contribution in [0.2, 0.25) is 10.0 Å². The third-order valence-corrected chi connectivity index (χ3v) is 10.8. The molecular weight excluding hydrogens is 904 g/mol. The zero-order valence-electron chi connectivity index (χ0n) is 39.0. The maximum Gasteiger partial charge on any atom is 0.338 e. The van der Waals surface area contributed by atoms with Crippen LogP contribution in [-0.4, -0.2) is 55.7 Å². The molecule has 0 atom stereocenters. The lowest BCUT2D eigenvalue weighted by Crippen LogP contribution is -2.16. The van der Waals surface area contributed by atoms with Crippen LogP contribution in [0, 0.1) is 25.7 Å². The van der Waals surface area contributed by atoms with E-state index in [2.05, 4.69) is 48.5 Å². The zero-order chi connectivity index (χ0) is 48.7. The number of amides is 2. The first-order valence-corrected chi connectivity index (χ1v) is 23.0. The van der Waals surface area contributed by atoms with Gasteiger partial charge in [0.15, 0.2) is 11.6 Å². The van der Waals surface area contributed by atoms with Gasteiger partial charge in [-0.1, -0.05) is 105 Å². The number of halogens is 2. The van der Waals surface area contributed by atoms with Gasteiger partial charge in [-0.3, -0.25) is 19.0 Å². The van der Waals surface area contributed by atoms with Crippen LogP contribution in [0.15, 0.2) is 127 Å². The molecule has 0 spiro atoms. The number of ether oxygens (including phenoxy) is 3. The Balaban J connectivity index is 0.000000230. The van der Waals surface area contributed by atoms with E-state index in [1.165, 1.54) is 0 Å². The molecule has 68 heavy (non-hydrogen) atoms. The molecule has 2 amide bonds. The maximum absolute atomic E-state index is 13.1. The van der Waals surface area contributed by atoms with Gasteiger partial charge in [0.2, 0.25) is 0 Å². The van der Waals surface area contributed by atoms with Crippen LogP contribution in [0.3, 0.4) is 0 Å². The third-order valence-electron chi connectivity index (χ3n) is 10.3. The average molecular weight is 960 g/mol. The molecule has 0 saturated heterocycles. The molecule has 0 aliphatic heterocycles. The summed E-state index contributed by atoms with van der Waals surface area (Å²) in [6, 6.07) is 37.4. The number of carbonyl (C=O) groups is 3. The molecule has 15 heteroatoms. The Morgan fingerprint density at radius 2 is 1.03 bits per heavy atom. The van der Waals surface area contributed by atoms with Crippen molar-refractivity contribution in [2.45, 2.75) is 67.8 Å². The number of hydrogen-bond acceptors (Lipinski definition) is 9. The largest absolute Gasteiger partial charge is 0.493 e. The second-order valence-electron chi connectivity index (χ2n) is 16.9. The molecule has 0 unspecified atom stereocenters. The van der Waals surface area contributed by atoms with Crippen molar-refractivity contribution in [3.63, 3.8) is 0 Å². The van der Waals surface area contributed by atoms with Crippen LogP contribution < -0.4 is 20.1 Å². The first-order chi connectivity index (χ1) is 32.7. The second-order valence-corrected chi connectivity index (χ2v) is 17.8. The van der Waals surface area contributed by atoms with Crippen LogP contribution in [0.5, 0.6) is 11.5 Å². The minimum absolute atomic E-state index is 0.0291. The van der Waals surface area contributed by atoms with Gasteiger partial charge in [-0.2, -0.15) is 10.2 Å². The van der Waals surface area contributed by atoms with Crippen molar-refractivity contribution in [1.82, 2.24) is 19.6 Å². The van der Waals surface area contributed by atoms with Crippen molar-refractivity contribution in [2.24, 2.45) is 11.8 Å². The predicted molar refractivity (Wildman–Crippen MR) is 266 cm³/mol. The molecular formula is C53H56Cl2N6O7. The second kappa shape index (κ2) is 24.2. The van der Waals surface area contributed by atoms with E-state index >= 15 is 0 Å². The number of carbonyl (C=O) groups excluding carboxylic acids is 3. The van der Waals surface area contributed by atoms with E-state index in [1.54, 1.807) is 106 Å². The quantitative estimate of drug-likeness (QED) is 0.0712. The Bertz CT molecular complexity index is 2820. The lowest BCUT2D eigenvalue weighted by Gasteiger charge is -2.14. The van der Waals surface area contributed by atoms with Crippen LogP contribution in [0.25, 0.3) is 0 Å². The topological polar surface area (TPSA) is 159 Å². The predicted octanol–water partition coefficient (Wildman–Crippen LogP) is 11.2. The minimum Gasteiger partial charge on any atom is -0.493 e. The van der Waals surface area contributed by atoms with Crippen molar-refractivity contribution in [1.29, 1.82) is 0 Å². The summed E-state index contributed by atoms with van der Waals surface area (Å²) in [5.41, 5.74) is 5.99. The van der Waals surface area contributed by atoms with E-state index in [0.29, 0.717) is 87.6 Å². The number of aliphatic hydroxyl groups excluding tert-OH is 1. The summed E-state index contributed by atoms with van der Waals surface area (Å²) in [6.07, 6.45) is 0. The fourth-order valence-corrected chi connectivity index (χ4v) is 7.23. The Morgan fingerprint density at radius 3 is 1.50 bits per heavy atom. The van der Waals surface area contributed by atoms with Gasteiger partial charge >= 0.3 is 5.97 Å². The molecule has 0 aliphatic rings. The highest BCUT2D eigenvalue weighted by atomic mass is 35.5. The Kier molecular flexibility index (Phi) is 18.0. The molecule has 5 aromatic carbocycles. The number of benzene rings is 5. The molecule has 0 fully saturated rings. The summed E-state index contributed by atoms with van der Waals surface area (Å²) in [4.78, 5) is 38.1. The Labute approximate surface area is 407 Å². The van der Waals surface area contributed by atoms with E-state index < -0.39 is 5.97 Å². The van der Waals surface area contributed by atoms with Crippen LogP contribution in [0.4, 0.5) is 11.6 Å². The fraction of sp³-hybridized carbons (Fsp3) is 0.264. The molecule has 3 N–H and O–H groups in total. The van der Waals surface area contributed by atoms with Gasteiger partial charge in [-0.05, 0) is 91.9 Å².